The monoisotopic (exact) mass is 310 g/mol. The first-order chi connectivity index (χ1) is 10.9. The highest BCUT2D eigenvalue weighted by atomic mass is 16.1. The van der Waals surface area contributed by atoms with Crippen molar-refractivity contribution in [3.63, 3.8) is 0 Å². The number of quaternary nitrogens is 1. The highest BCUT2D eigenvalue weighted by molar-refractivity contribution is 5.84. The molecule has 0 N–H and O–H groups in total. The largest absolute Gasteiger partial charge is 0.316 e. The predicted molar refractivity (Wildman–Crippen MR) is 92.1 cm³/mol. The molecule has 0 amide bonds. The molecule has 0 aliphatic heterocycles. The number of carbonyl (C=O) groups excluding carboxylic acids is 2. The van der Waals surface area contributed by atoms with E-state index < -0.39 is 0 Å². The summed E-state index contributed by atoms with van der Waals surface area (Å²) < 4.78 is 0.400. The lowest BCUT2D eigenvalue weighted by molar-refractivity contribution is -0.874. The molecule has 0 saturated heterocycles. The molecule has 2 aromatic rings. The molecule has 0 heterocycles. The van der Waals surface area contributed by atoms with E-state index in [0.29, 0.717) is 30.4 Å². The molecule has 0 atom stereocenters. The molecule has 23 heavy (non-hydrogen) atoms. The van der Waals surface area contributed by atoms with E-state index in [1.165, 1.54) is 0 Å². The van der Waals surface area contributed by atoms with Crippen LogP contribution in [-0.4, -0.2) is 43.2 Å². The van der Waals surface area contributed by atoms with Gasteiger partial charge in [0.2, 0.25) is 0 Å². The van der Waals surface area contributed by atoms with Gasteiger partial charge in [-0.3, -0.25) is 9.59 Å². The summed E-state index contributed by atoms with van der Waals surface area (Å²) in [6.45, 7) is 0.741. The van der Waals surface area contributed by atoms with Crippen LogP contribution in [0.5, 0.6) is 0 Å². The first kappa shape index (κ1) is 17.1. The van der Waals surface area contributed by atoms with E-state index in [2.05, 4.69) is 0 Å². The minimum atomic E-state index is 0.161. The van der Waals surface area contributed by atoms with Gasteiger partial charge < -0.3 is 4.48 Å². The molecule has 0 aliphatic carbocycles. The van der Waals surface area contributed by atoms with Crippen LogP contribution < -0.4 is 0 Å². The summed E-state index contributed by atoms with van der Waals surface area (Å²) in [5, 5.41) is 0. The molecule has 0 aromatic heterocycles. The molecule has 2 rings (SSSR count). The Bertz CT molecular complexity index is 590. The van der Waals surface area contributed by atoms with Crippen LogP contribution in [0.3, 0.4) is 0 Å². The lowest BCUT2D eigenvalue weighted by Gasteiger charge is -2.28. The number of nitrogens with zero attached hydrogens (tertiary/aromatic N) is 1. The van der Waals surface area contributed by atoms with Crippen molar-refractivity contribution in [1.29, 1.82) is 0 Å². The zero-order valence-electron chi connectivity index (χ0n) is 13.9. The van der Waals surface area contributed by atoms with Crippen LogP contribution in [0.2, 0.25) is 0 Å². The Labute approximate surface area is 138 Å². The van der Waals surface area contributed by atoms with Crippen molar-refractivity contribution in [3.8, 4) is 0 Å². The summed E-state index contributed by atoms with van der Waals surface area (Å²) in [6.07, 6.45) is 0.852. The number of likely N-dealkylation sites (N-methyl/N-ethyl adjacent to an activating group) is 1. The third-order valence-corrected chi connectivity index (χ3v) is 3.70. The maximum absolute atomic E-state index is 12.2. The van der Waals surface area contributed by atoms with Gasteiger partial charge in [0, 0.05) is 12.8 Å². The van der Waals surface area contributed by atoms with Gasteiger partial charge >= 0.3 is 0 Å². The Morgan fingerprint density at radius 3 is 1.39 bits per heavy atom. The van der Waals surface area contributed by atoms with Gasteiger partial charge in [0.05, 0.1) is 14.1 Å². The summed E-state index contributed by atoms with van der Waals surface area (Å²) in [4.78, 5) is 24.5. The zero-order valence-corrected chi connectivity index (χ0v) is 13.9. The predicted octanol–water partition coefficient (Wildman–Crippen LogP) is 2.69. The van der Waals surface area contributed by atoms with E-state index >= 15 is 0 Å². The lowest BCUT2D eigenvalue weighted by Crippen LogP contribution is -2.48. The second kappa shape index (κ2) is 7.84. The van der Waals surface area contributed by atoms with Gasteiger partial charge in [0.1, 0.15) is 13.1 Å². The molecule has 120 valence electrons. The van der Waals surface area contributed by atoms with E-state index in [9.17, 15) is 9.59 Å². The molecule has 0 radical (unpaired) electrons. The second-order valence-electron chi connectivity index (χ2n) is 6.65. The summed E-state index contributed by atoms with van der Waals surface area (Å²) in [7, 11) is 3.87. The van der Waals surface area contributed by atoms with Crippen molar-refractivity contribution >= 4 is 11.6 Å². The van der Waals surface area contributed by atoms with E-state index in [0.717, 1.165) is 11.1 Å². The Balaban J connectivity index is 1.85. The zero-order chi connectivity index (χ0) is 16.7. The number of benzene rings is 2. The van der Waals surface area contributed by atoms with Gasteiger partial charge in [-0.25, -0.2) is 0 Å². The van der Waals surface area contributed by atoms with E-state index in [1.807, 2.05) is 74.8 Å². The number of hydrogen-bond acceptors (Lipinski definition) is 2. The molecule has 0 bridgehead atoms. The van der Waals surface area contributed by atoms with Crippen LogP contribution >= 0.6 is 0 Å². The lowest BCUT2D eigenvalue weighted by atomic mass is 10.1. The molecular formula is C20H24NO2+. The number of Topliss-reactive ketones (excluding diaryl/α,β-unsaturated/α-hetero) is 2. The van der Waals surface area contributed by atoms with Crippen LogP contribution in [-0.2, 0) is 22.4 Å². The fraction of sp³-hybridized carbons (Fsp3) is 0.300. The van der Waals surface area contributed by atoms with Crippen LogP contribution in [0.4, 0.5) is 0 Å². The molecule has 3 heteroatoms. The van der Waals surface area contributed by atoms with Gasteiger partial charge in [-0.1, -0.05) is 60.7 Å². The molecular weight excluding hydrogens is 286 g/mol. The summed E-state index contributed by atoms with van der Waals surface area (Å²) >= 11 is 0. The molecule has 2 aromatic carbocycles. The van der Waals surface area contributed by atoms with Gasteiger partial charge in [-0.15, -0.1) is 0 Å². The SMILES string of the molecule is C[N+](C)(CC(=O)Cc1ccccc1)CC(=O)Cc1ccccc1. The van der Waals surface area contributed by atoms with Crippen LogP contribution in [0.25, 0.3) is 0 Å². The Morgan fingerprint density at radius 2 is 1.04 bits per heavy atom. The third kappa shape index (κ3) is 6.17. The van der Waals surface area contributed by atoms with Crippen LogP contribution in [0.15, 0.2) is 60.7 Å². The van der Waals surface area contributed by atoms with Gasteiger partial charge in [0.15, 0.2) is 11.6 Å². The number of hydrogen-bond donors (Lipinski definition) is 0. The fourth-order valence-electron chi connectivity index (χ4n) is 2.77. The van der Waals surface area contributed by atoms with Crippen LogP contribution in [0, 0.1) is 0 Å². The average molecular weight is 310 g/mol. The van der Waals surface area contributed by atoms with Crippen molar-refractivity contribution in [2.45, 2.75) is 12.8 Å². The first-order valence-electron chi connectivity index (χ1n) is 7.88. The molecule has 0 spiro atoms. The van der Waals surface area contributed by atoms with E-state index in [4.69, 9.17) is 0 Å². The Kier molecular flexibility index (Phi) is 5.83. The molecule has 0 unspecified atom stereocenters. The van der Waals surface area contributed by atoms with Gasteiger partial charge in [0.25, 0.3) is 0 Å². The van der Waals surface area contributed by atoms with Crippen molar-refractivity contribution in [2.24, 2.45) is 0 Å². The van der Waals surface area contributed by atoms with Crippen molar-refractivity contribution < 1.29 is 14.1 Å². The topological polar surface area (TPSA) is 34.1 Å². The third-order valence-electron chi connectivity index (χ3n) is 3.70. The first-order valence-corrected chi connectivity index (χ1v) is 7.88. The van der Waals surface area contributed by atoms with E-state index in [1.54, 1.807) is 0 Å². The maximum Gasteiger partial charge on any atom is 0.191 e. The molecule has 0 aliphatic rings. The van der Waals surface area contributed by atoms with Crippen molar-refractivity contribution in [1.82, 2.24) is 0 Å². The summed E-state index contributed by atoms with van der Waals surface area (Å²) in [5.74, 6) is 0.322. The number of carbonyl (C=O) groups is 2. The minimum absolute atomic E-state index is 0.161. The summed E-state index contributed by atoms with van der Waals surface area (Å²) in [5.41, 5.74) is 2.04. The van der Waals surface area contributed by atoms with Gasteiger partial charge in [-0.2, -0.15) is 0 Å². The minimum Gasteiger partial charge on any atom is -0.316 e. The second-order valence-corrected chi connectivity index (χ2v) is 6.65. The van der Waals surface area contributed by atoms with Crippen molar-refractivity contribution in [3.05, 3.63) is 71.8 Å². The molecule has 3 nitrogen and oxygen atoms in total. The number of rotatable bonds is 8. The van der Waals surface area contributed by atoms with Crippen LogP contribution in [0.1, 0.15) is 11.1 Å². The molecule has 0 fully saturated rings. The standard InChI is InChI=1S/C20H24NO2/c1-21(2,15-19(22)13-17-9-5-3-6-10-17)16-20(23)14-18-11-7-4-8-12-18/h3-12H,13-16H2,1-2H3/q+1. The molecule has 0 saturated carbocycles. The highest BCUT2D eigenvalue weighted by Gasteiger charge is 2.23. The quantitative estimate of drug-likeness (QED) is 0.703. The van der Waals surface area contributed by atoms with E-state index in [-0.39, 0.29) is 11.6 Å². The Morgan fingerprint density at radius 1 is 0.696 bits per heavy atom. The smallest absolute Gasteiger partial charge is 0.191 e. The summed E-state index contributed by atoms with van der Waals surface area (Å²) in [6, 6.07) is 19.5. The normalized spacial score (nSPS) is 11.2. The number of ketones is 2. The Hall–Kier alpha value is -2.26. The fourth-order valence-corrected chi connectivity index (χ4v) is 2.77. The van der Waals surface area contributed by atoms with Gasteiger partial charge in [-0.05, 0) is 11.1 Å². The highest BCUT2D eigenvalue weighted by Crippen LogP contribution is 2.06. The van der Waals surface area contributed by atoms with Crippen molar-refractivity contribution in [2.75, 3.05) is 27.2 Å². The maximum atomic E-state index is 12.2. The average Bonchev–Trinajstić information content (AvgIpc) is 2.47.